The van der Waals surface area contributed by atoms with E-state index in [1.54, 1.807) is 24.3 Å². The number of hydrogen-bond donors (Lipinski definition) is 4. The third-order valence-electron chi connectivity index (χ3n) is 4.54. The second-order valence-corrected chi connectivity index (χ2v) is 8.47. The maximum Gasteiger partial charge on any atom is 0.305 e. The SMILES string of the molecule is CCOc1ccc(Nc2cc(C)nc(NC(=S)N[C@H](CC(=O)O)c3ccc(Cl)cc3Cl)n2)cc1. The van der Waals surface area contributed by atoms with Crippen LogP contribution in [0.15, 0.2) is 48.5 Å². The molecule has 0 radical (unpaired) electrons. The van der Waals surface area contributed by atoms with Crippen molar-refractivity contribution in [3.05, 3.63) is 69.8 Å². The van der Waals surface area contributed by atoms with Gasteiger partial charge in [0.15, 0.2) is 5.11 Å². The molecule has 34 heavy (non-hydrogen) atoms. The van der Waals surface area contributed by atoms with Gasteiger partial charge in [0.05, 0.1) is 19.1 Å². The Hall–Kier alpha value is -3.14. The van der Waals surface area contributed by atoms with Crippen molar-refractivity contribution in [2.24, 2.45) is 0 Å². The van der Waals surface area contributed by atoms with E-state index in [2.05, 4.69) is 25.9 Å². The number of nitrogens with zero attached hydrogens (tertiary/aromatic N) is 2. The van der Waals surface area contributed by atoms with Crippen molar-refractivity contribution in [1.29, 1.82) is 0 Å². The molecule has 0 unspecified atom stereocenters. The molecular weight excluding hydrogens is 497 g/mol. The lowest BCUT2D eigenvalue weighted by molar-refractivity contribution is -0.137. The summed E-state index contributed by atoms with van der Waals surface area (Å²) in [6, 6.07) is 13.4. The number of hydrogen-bond acceptors (Lipinski definition) is 6. The van der Waals surface area contributed by atoms with Gasteiger partial charge in [-0.1, -0.05) is 29.3 Å². The molecule has 11 heteroatoms. The zero-order chi connectivity index (χ0) is 24.7. The van der Waals surface area contributed by atoms with E-state index in [1.165, 1.54) is 0 Å². The van der Waals surface area contributed by atoms with E-state index in [0.29, 0.717) is 33.7 Å². The normalized spacial score (nSPS) is 11.4. The molecule has 4 N–H and O–H groups in total. The largest absolute Gasteiger partial charge is 0.494 e. The van der Waals surface area contributed by atoms with Crippen LogP contribution in [0.5, 0.6) is 5.75 Å². The van der Waals surface area contributed by atoms with Crippen molar-refractivity contribution in [2.75, 3.05) is 17.2 Å². The number of nitrogens with one attached hydrogen (secondary N) is 3. The van der Waals surface area contributed by atoms with Crippen molar-refractivity contribution < 1.29 is 14.6 Å². The zero-order valence-corrected chi connectivity index (χ0v) is 20.8. The van der Waals surface area contributed by atoms with Crippen molar-refractivity contribution in [1.82, 2.24) is 15.3 Å². The number of carboxylic acid groups (broad SMARTS) is 1. The number of thiocarbonyl (C=S) groups is 1. The summed E-state index contributed by atoms with van der Waals surface area (Å²) in [5.74, 6) is 0.578. The van der Waals surface area contributed by atoms with Crippen molar-refractivity contribution in [3.63, 3.8) is 0 Å². The summed E-state index contributed by atoms with van der Waals surface area (Å²) < 4.78 is 5.46. The monoisotopic (exact) mass is 519 g/mol. The molecule has 1 aromatic heterocycles. The Labute approximate surface area is 212 Å². The van der Waals surface area contributed by atoms with Crippen LogP contribution in [0.4, 0.5) is 17.5 Å². The van der Waals surface area contributed by atoms with Crippen molar-refractivity contribution >= 4 is 64.0 Å². The Balaban J connectivity index is 1.72. The van der Waals surface area contributed by atoms with Crippen LogP contribution >= 0.6 is 35.4 Å². The summed E-state index contributed by atoms with van der Waals surface area (Å²) in [5.41, 5.74) is 2.09. The van der Waals surface area contributed by atoms with Crippen LogP contribution in [0.1, 0.15) is 30.6 Å². The molecule has 0 amide bonds. The number of rotatable bonds is 9. The fourth-order valence-corrected chi connectivity index (χ4v) is 3.90. The van der Waals surface area contributed by atoms with Gasteiger partial charge >= 0.3 is 5.97 Å². The predicted molar refractivity (Wildman–Crippen MR) is 138 cm³/mol. The number of halogens is 2. The van der Waals surface area contributed by atoms with Crippen LogP contribution in [0.2, 0.25) is 10.0 Å². The highest BCUT2D eigenvalue weighted by molar-refractivity contribution is 7.80. The van der Waals surface area contributed by atoms with Crippen LogP contribution in [-0.4, -0.2) is 32.8 Å². The molecule has 0 bridgehead atoms. The molecule has 0 saturated carbocycles. The maximum atomic E-state index is 11.4. The van der Waals surface area contributed by atoms with Gasteiger partial charge in [0.1, 0.15) is 11.6 Å². The van der Waals surface area contributed by atoms with Crippen molar-refractivity contribution in [2.45, 2.75) is 26.3 Å². The van der Waals surface area contributed by atoms with Gasteiger partial charge in [-0.15, -0.1) is 0 Å². The fraction of sp³-hybridized carbons (Fsp3) is 0.217. The molecule has 0 saturated heterocycles. The summed E-state index contributed by atoms with van der Waals surface area (Å²) in [7, 11) is 0. The minimum absolute atomic E-state index is 0.148. The number of ether oxygens (including phenoxy) is 1. The first kappa shape index (κ1) is 25.5. The van der Waals surface area contributed by atoms with Gasteiger partial charge in [0, 0.05) is 27.5 Å². The van der Waals surface area contributed by atoms with Gasteiger partial charge in [-0.3, -0.25) is 4.79 Å². The standard InChI is InChI=1S/C23H23Cl2N5O3S/c1-3-33-16-7-5-15(6-8-16)27-20-10-13(2)26-22(29-20)30-23(34)28-19(12-21(31)32)17-9-4-14(24)11-18(17)25/h4-11,19H,3,12H2,1-2H3,(H,31,32)(H3,26,27,28,29,30,34)/t19-/m1/s1. The predicted octanol–water partition coefficient (Wildman–Crippen LogP) is 5.74. The quantitative estimate of drug-likeness (QED) is 0.263. The van der Waals surface area contributed by atoms with Crippen LogP contribution in [0, 0.1) is 6.92 Å². The number of aromatic nitrogens is 2. The molecule has 0 fully saturated rings. The summed E-state index contributed by atoms with van der Waals surface area (Å²) in [6.07, 6.45) is -0.248. The highest BCUT2D eigenvalue weighted by atomic mass is 35.5. The lowest BCUT2D eigenvalue weighted by Crippen LogP contribution is -2.34. The van der Waals surface area contributed by atoms with Gasteiger partial charge in [0.2, 0.25) is 5.95 Å². The molecule has 1 atom stereocenters. The third-order valence-corrected chi connectivity index (χ3v) is 5.32. The first-order valence-electron chi connectivity index (χ1n) is 10.3. The number of anilines is 3. The van der Waals surface area contributed by atoms with Gasteiger partial charge in [0.25, 0.3) is 0 Å². The van der Waals surface area contributed by atoms with E-state index in [1.807, 2.05) is 38.1 Å². The lowest BCUT2D eigenvalue weighted by Gasteiger charge is -2.21. The first-order valence-corrected chi connectivity index (χ1v) is 11.5. The molecule has 178 valence electrons. The number of carboxylic acids is 1. The lowest BCUT2D eigenvalue weighted by atomic mass is 10.0. The van der Waals surface area contributed by atoms with Crippen molar-refractivity contribution in [3.8, 4) is 5.75 Å². The molecule has 3 aromatic rings. The smallest absolute Gasteiger partial charge is 0.305 e. The molecule has 0 spiro atoms. The Morgan fingerprint density at radius 2 is 1.88 bits per heavy atom. The number of carbonyl (C=O) groups is 1. The van der Waals surface area contributed by atoms with Gasteiger partial charge in [-0.2, -0.15) is 4.98 Å². The fourth-order valence-electron chi connectivity index (χ4n) is 3.13. The molecule has 1 heterocycles. The van der Waals surface area contributed by atoms with E-state index in [4.69, 9.17) is 40.2 Å². The molecule has 0 aliphatic heterocycles. The second-order valence-electron chi connectivity index (χ2n) is 7.22. The minimum Gasteiger partial charge on any atom is -0.494 e. The maximum absolute atomic E-state index is 11.4. The molecular formula is C23H23Cl2N5O3S. The second kappa shape index (κ2) is 11.8. The van der Waals surface area contributed by atoms with Crippen LogP contribution < -0.4 is 20.7 Å². The van der Waals surface area contributed by atoms with Gasteiger partial charge < -0.3 is 25.8 Å². The highest BCUT2D eigenvalue weighted by Crippen LogP contribution is 2.28. The number of aryl methyl sites for hydroxylation is 1. The molecule has 8 nitrogen and oxygen atoms in total. The van der Waals surface area contributed by atoms with Crippen LogP contribution in [-0.2, 0) is 4.79 Å². The Bertz CT molecular complexity index is 1180. The molecule has 0 aliphatic carbocycles. The molecule has 3 rings (SSSR count). The van der Waals surface area contributed by atoms with E-state index >= 15 is 0 Å². The zero-order valence-electron chi connectivity index (χ0n) is 18.4. The van der Waals surface area contributed by atoms with Gasteiger partial charge in [-0.25, -0.2) is 4.98 Å². The average molecular weight is 520 g/mol. The molecule has 2 aromatic carbocycles. The summed E-state index contributed by atoms with van der Waals surface area (Å²) in [4.78, 5) is 20.2. The van der Waals surface area contributed by atoms with E-state index in [9.17, 15) is 9.90 Å². The van der Waals surface area contributed by atoms with E-state index < -0.39 is 12.0 Å². The highest BCUT2D eigenvalue weighted by Gasteiger charge is 2.20. The average Bonchev–Trinajstić information content (AvgIpc) is 2.74. The topological polar surface area (TPSA) is 108 Å². The van der Waals surface area contributed by atoms with E-state index in [-0.39, 0.29) is 17.5 Å². The van der Waals surface area contributed by atoms with Crippen LogP contribution in [0.3, 0.4) is 0 Å². The summed E-state index contributed by atoms with van der Waals surface area (Å²) >= 11 is 17.6. The Morgan fingerprint density at radius 3 is 2.53 bits per heavy atom. The van der Waals surface area contributed by atoms with Crippen LogP contribution in [0.25, 0.3) is 0 Å². The Kier molecular flexibility index (Phi) is 8.86. The summed E-state index contributed by atoms with van der Waals surface area (Å²) in [6.45, 7) is 4.35. The first-order chi connectivity index (χ1) is 16.2. The Morgan fingerprint density at radius 1 is 1.15 bits per heavy atom. The number of aliphatic carboxylic acids is 1. The number of benzene rings is 2. The third kappa shape index (κ3) is 7.44. The minimum atomic E-state index is -1.01. The molecule has 0 aliphatic rings. The summed E-state index contributed by atoms with van der Waals surface area (Å²) in [5, 5.41) is 19.4. The van der Waals surface area contributed by atoms with E-state index in [0.717, 1.165) is 11.4 Å². The van der Waals surface area contributed by atoms with Gasteiger partial charge in [-0.05, 0) is 68.0 Å².